The molecule has 0 aliphatic carbocycles. The molecule has 0 aliphatic heterocycles. The van der Waals surface area contributed by atoms with Crippen LogP contribution in [0, 0.1) is 6.92 Å². The van der Waals surface area contributed by atoms with Gasteiger partial charge in [0.15, 0.2) is 5.75 Å². The summed E-state index contributed by atoms with van der Waals surface area (Å²) in [6, 6.07) is 10.9. The van der Waals surface area contributed by atoms with Crippen LogP contribution in [0.25, 0.3) is 0 Å². The van der Waals surface area contributed by atoms with Gasteiger partial charge in [-0.1, -0.05) is 53.0 Å². The SMILES string of the molecule is COc1c(Cl)cc(CC(C(=O)O)c2ccc(C)cc2)cc1Cl. The first kappa shape index (κ1) is 16.7. The lowest BCUT2D eigenvalue weighted by Gasteiger charge is -2.15. The van der Waals surface area contributed by atoms with E-state index >= 15 is 0 Å². The Labute approximate surface area is 139 Å². The van der Waals surface area contributed by atoms with Crippen LogP contribution >= 0.6 is 23.2 Å². The minimum absolute atomic E-state index is 0.307. The van der Waals surface area contributed by atoms with E-state index in [2.05, 4.69) is 0 Å². The Morgan fingerprint density at radius 1 is 1.18 bits per heavy atom. The number of carboxylic acids is 1. The van der Waals surface area contributed by atoms with Crippen LogP contribution in [0.5, 0.6) is 5.75 Å². The van der Waals surface area contributed by atoms with Crippen molar-refractivity contribution in [1.82, 2.24) is 0 Å². The zero-order valence-corrected chi connectivity index (χ0v) is 13.8. The molecule has 116 valence electrons. The van der Waals surface area contributed by atoms with Gasteiger partial charge in [0.25, 0.3) is 0 Å². The molecule has 0 saturated carbocycles. The fourth-order valence-electron chi connectivity index (χ4n) is 2.31. The molecular weight excluding hydrogens is 323 g/mol. The molecule has 0 saturated heterocycles. The maximum Gasteiger partial charge on any atom is 0.311 e. The summed E-state index contributed by atoms with van der Waals surface area (Å²) in [5, 5.41) is 10.3. The van der Waals surface area contributed by atoms with Gasteiger partial charge < -0.3 is 9.84 Å². The van der Waals surface area contributed by atoms with Crippen LogP contribution in [0.4, 0.5) is 0 Å². The van der Waals surface area contributed by atoms with Crippen LogP contribution in [-0.4, -0.2) is 18.2 Å². The second kappa shape index (κ2) is 7.03. The number of rotatable bonds is 5. The highest BCUT2D eigenvalue weighted by molar-refractivity contribution is 6.37. The Morgan fingerprint density at radius 2 is 1.73 bits per heavy atom. The lowest BCUT2D eigenvalue weighted by Crippen LogP contribution is -2.14. The third-order valence-electron chi connectivity index (χ3n) is 3.48. The molecule has 0 fully saturated rings. The normalized spacial score (nSPS) is 12.0. The molecule has 3 nitrogen and oxygen atoms in total. The number of aliphatic carboxylic acids is 1. The van der Waals surface area contributed by atoms with E-state index in [1.54, 1.807) is 12.1 Å². The molecule has 1 unspecified atom stereocenters. The van der Waals surface area contributed by atoms with Gasteiger partial charge in [-0.2, -0.15) is 0 Å². The summed E-state index contributed by atoms with van der Waals surface area (Å²) in [5.41, 5.74) is 2.59. The maximum atomic E-state index is 11.6. The second-order valence-corrected chi connectivity index (χ2v) is 5.91. The van der Waals surface area contributed by atoms with Crippen molar-refractivity contribution in [3.63, 3.8) is 0 Å². The van der Waals surface area contributed by atoms with Gasteiger partial charge in [-0.3, -0.25) is 4.79 Å². The van der Waals surface area contributed by atoms with Crippen molar-refractivity contribution in [2.75, 3.05) is 7.11 Å². The van der Waals surface area contributed by atoms with E-state index in [0.717, 1.165) is 16.7 Å². The zero-order chi connectivity index (χ0) is 16.3. The van der Waals surface area contributed by atoms with Crippen molar-refractivity contribution < 1.29 is 14.6 Å². The van der Waals surface area contributed by atoms with Crippen molar-refractivity contribution >= 4 is 29.2 Å². The molecule has 1 N–H and O–H groups in total. The van der Waals surface area contributed by atoms with Crippen molar-refractivity contribution in [3.8, 4) is 5.75 Å². The predicted molar refractivity (Wildman–Crippen MR) is 88.3 cm³/mol. The molecule has 0 heterocycles. The van der Waals surface area contributed by atoms with E-state index in [9.17, 15) is 9.90 Å². The average molecular weight is 339 g/mol. The minimum Gasteiger partial charge on any atom is -0.494 e. The van der Waals surface area contributed by atoms with Crippen LogP contribution in [0.15, 0.2) is 36.4 Å². The van der Waals surface area contributed by atoms with E-state index in [1.165, 1.54) is 7.11 Å². The summed E-state index contributed by atoms with van der Waals surface area (Å²) >= 11 is 12.2. The maximum absolute atomic E-state index is 11.6. The van der Waals surface area contributed by atoms with E-state index in [1.807, 2.05) is 31.2 Å². The van der Waals surface area contributed by atoms with Gasteiger partial charge >= 0.3 is 5.97 Å². The van der Waals surface area contributed by atoms with E-state index in [4.69, 9.17) is 27.9 Å². The van der Waals surface area contributed by atoms with Gasteiger partial charge in [-0.05, 0) is 36.6 Å². The van der Waals surface area contributed by atoms with Crippen molar-refractivity contribution in [3.05, 3.63) is 63.1 Å². The number of carboxylic acid groups (broad SMARTS) is 1. The highest BCUT2D eigenvalue weighted by atomic mass is 35.5. The molecule has 2 rings (SSSR count). The number of methoxy groups -OCH3 is 1. The zero-order valence-electron chi connectivity index (χ0n) is 12.3. The molecule has 0 spiro atoms. The van der Waals surface area contributed by atoms with Crippen LogP contribution in [-0.2, 0) is 11.2 Å². The molecule has 0 bridgehead atoms. The van der Waals surface area contributed by atoms with Crippen molar-refractivity contribution in [2.45, 2.75) is 19.3 Å². The first-order chi connectivity index (χ1) is 10.4. The molecule has 0 amide bonds. The fraction of sp³-hybridized carbons (Fsp3) is 0.235. The molecule has 0 aliphatic rings. The van der Waals surface area contributed by atoms with Crippen molar-refractivity contribution in [1.29, 1.82) is 0 Å². The molecule has 22 heavy (non-hydrogen) atoms. The third kappa shape index (κ3) is 3.73. The van der Waals surface area contributed by atoms with Gasteiger partial charge in [0.05, 0.1) is 23.1 Å². The number of ether oxygens (including phenoxy) is 1. The standard InChI is InChI=1S/C17H16Cl2O3/c1-10-3-5-12(6-4-10)13(17(20)21)7-11-8-14(18)16(22-2)15(19)9-11/h3-6,8-9,13H,7H2,1-2H3,(H,20,21). The molecule has 2 aromatic rings. The highest BCUT2D eigenvalue weighted by Crippen LogP contribution is 2.35. The number of benzene rings is 2. The number of hydrogen-bond acceptors (Lipinski definition) is 2. The summed E-state index contributed by atoms with van der Waals surface area (Å²) in [4.78, 5) is 11.6. The molecule has 5 heteroatoms. The monoisotopic (exact) mass is 338 g/mol. The second-order valence-electron chi connectivity index (χ2n) is 5.10. The number of carbonyl (C=O) groups is 1. The smallest absolute Gasteiger partial charge is 0.311 e. The van der Waals surface area contributed by atoms with Crippen LogP contribution < -0.4 is 4.74 Å². The Balaban J connectivity index is 2.33. The molecule has 0 aromatic heterocycles. The quantitative estimate of drug-likeness (QED) is 0.857. The predicted octanol–water partition coefficient (Wildman–Crippen LogP) is 4.72. The topological polar surface area (TPSA) is 46.5 Å². The summed E-state index contributed by atoms with van der Waals surface area (Å²) in [7, 11) is 1.49. The Morgan fingerprint density at radius 3 is 2.18 bits per heavy atom. The minimum atomic E-state index is -0.882. The van der Waals surface area contributed by atoms with E-state index < -0.39 is 11.9 Å². The lowest BCUT2D eigenvalue weighted by molar-refractivity contribution is -0.138. The summed E-state index contributed by atoms with van der Waals surface area (Å²) in [5.74, 6) is -1.14. The van der Waals surface area contributed by atoms with Crippen LogP contribution in [0.1, 0.15) is 22.6 Å². The van der Waals surface area contributed by atoms with Gasteiger partial charge in [0, 0.05) is 0 Å². The average Bonchev–Trinajstić information content (AvgIpc) is 2.45. The summed E-state index contributed by atoms with van der Waals surface area (Å²) < 4.78 is 5.10. The largest absolute Gasteiger partial charge is 0.494 e. The first-order valence-corrected chi connectivity index (χ1v) is 7.49. The Bertz CT molecular complexity index is 658. The first-order valence-electron chi connectivity index (χ1n) is 6.73. The van der Waals surface area contributed by atoms with Gasteiger partial charge in [0.2, 0.25) is 0 Å². The Hall–Kier alpha value is -1.71. The number of aryl methyl sites for hydroxylation is 1. The molecule has 2 aromatic carbocycles. The van der Waals surface area contributed by atoms with Crippen LogP contribution in [0.3, 0.4) is 0 Å². The Kier molecular flexibility index (Phi) is 5.33. The summed E-state index contributed by atoms with van der Waals surface area (Å²) in [6.07, 6.45) is 0.307. The molecule has 0 radical (unpaired) electrons. The fourth-order valence-corrected chi connectivity index (χ4v) is 2.99. The van der Waals surface area contributed by atoms with Gasteiger partial charge in [-0.15, -0.1) is 0 Å². The lowest BCUT2D eigenvalue weighted by atomic mass is 9.91. The highest BCUT2D eigenvalue weighted by Gasteiger charge is 2.21. The summed E-state index contributed by atoms with van der Waals surface area (Å²) in [6.45, 7) is 1.96. The van der Waals surface area contributed by atoms with E-state index in [-0.39, 0.29) is 0 Å². The third-order valence-corrected chi connectivity index (χ3v) is 4.04. The number of hydrogen-bond donors (Lipinski definition) is 1. The number of halogens is 2. The molecular formula is C17H16Cl2O3. The van der Waals surface area contributed by atoms with Crippen molar-refractivity contribution in [2.24, 2.45) is 0 Å². The van der Waals surface area contributed by atoms with E-state index in [0.29, 0.717) is 22.2 Å². The van der Waals surface area contributed by atoms with Crippen LogP contribution in [0.2, 0.25) is 10.0 Å². The van der Waals surface area contributed by atoms with Gasteiger partial charge in [0.1, 0.15) is 0 Å². The van der Waals surface area contributed by atoms with Gasteiger partial charge in [-0.25, -0.2) is 0 Å². The molecule has 1 atom stereocenters.